The van der Waals surface area contributed by atoms with Gasteiger partial charge in [-0.2, -0.15) is 0 Å². The van der Waals surface area contributed by atoms with Gasteiger partial charge in [-0.1, -0.05) is 12.1 Å². The molecule has 0 radical (unpaired) electrons. The summed E-state index contributed by atoms with van der Waals surface area (Å²) >= 11 is 1.80. The van der Waals surface area contributed by atoms with Crippen molar-refractivity contribution in [2.24, 2.45) is 0 Å². The van der Waals surface area contributed by atoms with Crippen LogP contribution in [0.3, 0.4) is 0 Å². The number of benzene rings is 2. The van der Waals surface area contributed by atoms with Crippen LogP contribution in [-0.2, 0) is 19.4 Å². The fourth-order valence-corrected chi connectivity index (χ4v) is 6.86. The molecule has 1 N–H and O–H groups in total. The van der Waals surface area contributed by atoms with Crippen LogP contribution in [0.25, 0.3) is 5.00 Å². The maximum absolute atomic E-state index is 14.5. The van der Waals surface area contributed by atoms with E-state index in [1.165, 1.54) is 16.9 Å². The number of carbonyl (C=O) groups excluding carboxylic acids is 1. The molecule has 5 nitrogen and oxygen atoms in total. The predicted molar refractivity (Wildman–Crippen MR) is 141 cm³/mol. The van der Waals surface area contributed by atoms with Gasteiger partial charge in [-0.15, -0.1) is 11.3 Å². The molecule has 190 valence electrons. The molecule has 0 fully saturated rings. The highest BCUT2D eigenvalue weighted by Gasteiger charge is 2.36. The zero-order valence-electron chi connectivity index (χ0n) is 20.5. The highest BCUT2D eigenvalue weighted by Crippen LogP contribution is 2.44. The number of thiophene rings is 1. The zero-order chi connectivity index (χ0) is 25.5. The van der Waals surface area contributed by atoms with Crippen molar-refractivity contribution in [2.45, 2.75) is 45.2 Å². The summed E-state index contributed by atoms with van der Waals surface area (Å²) in [6, 6.07) is 13.9. The summed E-state index contributed by atoms with van der Waals surface area (Å²) in [5, 5.41) is 3.78. The molecule has 0 saturated heterocycles. The van der Waals surface area contributed by atoms with Crippen LogP contribution < -0.4 is 10.1 Å². The van der Waals surface area contributed by atoms with Crippen LogP contribution in [-0.4, -0.2) is 22.1 Å². The van der Waals surface area contributed by atoms with Gasteiger partial charge < -0.3 is 19.5 Å². The molecule has 2 amide bonds. The third-order valence-corrected chi connectivity index (χ3v) is 8.43. The van der Waals surface area contributed by atoms with E-state index in [0.717, 1.165) is 59.3 Å². The number of aromatic nitrogens is 1. The number of halogens is 2. The van der Waals surface area contributed by atoms with E-state index in [9.17, 15) is 13.6 Å². The highest BCUT2D eigenvalue weighted by molar-refractivity contribution is 7.15. The maximum atomic E-state index is 14.5. The number of hydrogen-bond acceptors (Lipinski definition) is 3. The number of aryl methyl sites for hydroxylation is 1. The Hall–Kier alpha value is -3.65. The molecule has 37 heavy (non-hydrogen) atoms. The van der Waals surface area contributed by atoms with Gasteiger partial charge in [0, 0.05) is 22.7 Å². The lowest BCUT2D eigenvalue weighted by Gasteiger charge is -2.31. The fourth-order valence-electron chi connectivity index (χ4n) is 5.46. The van der Waals surface area contributed by atoms with Crippen molar-refractivity contribution in [3.8, 4) is 10.8 Å². The molecular weight excluding hydrogens is 492 g/mol. The third kappa shape index (κ3) is 4.29. The van der Waals surface area contributed by atoms with E-state index in [1.54, 1.807) is 16.2 Å². The molecule has 3 heterocycles. The minimum absolute atomic E-state index is 0.181. The number of anilines is 1. The van der Waals surface area contributed by atoms with E-state index in [4.69, 9.17) is 4.74 Å². The zero-order valence-corrected chi connectivity index (χ0v) is 21.3. The topological polar surface area (TPSA) is 46.5 Å². The second-order valence-corrected chi connectivity index (χ2v) is 10.5. The van der Waals surface area contributed by atoms with Crippen molar-refractivity contribution >= 4 is 23.1 Å². The van der Waals surface area contributed by atoms with Crippen molar-refractivity contribution in [2.75, 3.05) is 11.9 Å². The van der Waals surface area contributed by atoms with Gasteiger partial charge in [-0.25, -0.2) is 13.6 Å². The number of amides is 2. The molecule has 1 aliphatic carbocycles. The molecule has 0 spiro atoms. The summed E-state index contributed by atoms with van der Waals surface area (Å²) in [5.74, 6) is -0.584. The van der Waals surface area contributed by atoms with Crippen molar-refractivity contribution in [3.05, 3.63) is 99.7 Å². The number of rotatable bonds is 4. The summed E-state index contributed by atoms with van der Waals surface area (Å²) in [5.41, 5.74) is 4.09. The first-order valence-corrected chi connectivity index (χ1v) is 13.4. The summed E-state index contributed by atoms with van der Waals surface area (Å²) < 4.78 is 36.4. The Morgan fingerprint density at radius 1 is 1.08 bits per heavy atom. The van der Waals surface area contributed by atoms with E-state index in [0.29, 0.717) is 18.9 Å². The number of nitrogens with zero attached hydrogens (tertiary/aromatic N) is 2. The summed E-state index contributed by atoms with van der Waals surface area (Å²) in [4.78, 5) is 17.0. The molecule has 0 saturated carbocycles. The van der Waals surface area contributed by atoms with Gasteiger partial charge in [0.25, 0.3) is 0 Å². The first-order chi connectivity index (χ1) is 18.0. The van der Waals surface area contributed by atoms with Crippen molar-refractivity contribution in [1.29, 1.82) is 0 Å². The Bertz CT molecular complexity index is 1480. The molecule has 1 aliphatic heterocycles. The van der Waals surface area contributed by atoms with Gasteiger partial charge in [0.15, 0.2) is 0 Å². The van der Waals surface area contributed by atoms with E-state index in [2.05, 4.69) is 9.88 Å². The number of nitrogens with one attached hydrogen (secondary N) is 1. The van der Waals surface area contributed by atoms with Gasteiger partial charge >= 0.3 is 6.03 Å². The van der Waals surface area contributed by atoms with Gasteiger partial charge in [-0.3, -0.25) is 0 Å². The average Bonchev–Trinajstić information content (AvgIpc) is 3.48. The lowest BCUT2D eigenvalue weighted by molar-refractivity contribution is 0.194. The second kappa shape index (κ2) is 9.67. The Morgan fingerprint density at radius 3 is 2.81 bits per heavy atom. The van der Waals surface area contributed by atoms with Crippen LogP contribution in [0.5, 0.6) is 5.75 Å². The maximum Gasteiger partial charge on any atom is 0.323 e. The highest BCUT2D eigenvalue weighted by atomic mass is 32.1. The molecule has 6 rings (SSSR count). The van der Waals surface area contributed by atoms with E-state index >= 15 is 0 Å². The van der Waals surface area contributed by atoms with E-state index < -0.39 is 23.7 Å². The fraction of sp³-hybridized carbons (Fsp3) is 0.276. The Labute approximate surface area is 218 Å². The van der Waals surface area contributed by atoms with Crippen LogP contribution in [0, 0.1) is 11.6 Å². The standard InChI is InChI=1S/C29H27F2N3O2S/c1-2-36-20-8-5-7-18(15-20)27-25-10-6-14-33(25)28-22(21-9-3-4-11-26(21)37-28)17-34(27)29(35)32-24-16-19(30)12-13-23(24)31/h5-8,10,12-16,27H,2-4,9,11,17H2,1H3,(H,32,35)/t27-/m1/s1. The minimum atomic E-state index is -0.684. The van der Waals surface area contributed by atoms with E-state index in [-0.39, 0.29) is 5.69 Å². The molecule has 8 heteroatoms. The number of ether oxygens (including phenoxy) is 1. The number of fused-ring (bicyclic) bond motifs is 5. The van der Waals surface area contributed by atoms with Crippen LogP contribution in [0.4, 0.5) is 19.3 Å². The SMILES string of the molecule is CCOc1cccc([C@@H]2c3cccn3-c3sc4c(c3CN2C(=O)Nc2cc(F)ccc2F)CCCC4)c1. The number of carbonyl (C=O) groups is 1. The van der Waals surface area contributed by atoms with Gasteiger partial charge in [0.2, 0.25) is 0 Å². The van der Waals surface area contributed by atoms with Crippen molar-refractivity contribution < 1.29 is 18.3 Å². The predicted octanol–water partition coefficient (Wildman–Crippen LogP) is 7.23. The Morgan fingerprint density at radius 2 is 1.95 bits per heavy atom. The molecule has 2 aromatic heterocycles. The summed E-state index contributed by atoms with van der Waals surface area (Å²) in [7, 11) is 0. The lowest BCUT2D eigenvalue weighted by atomic mass is 9.95. The smallest absolute Gasteiger partial charge is 0.323 e. The Kier molecular flexibility index (Phi) is 6.20. The van der Waals surface area contributed by atoms with Crippen LogP contribution in [0.1, 0.15) is 53.1 Å². The monoisotopic (exact) mass is 519 g/mol. The van der Waals surface area contributed by atoms with Crippen molar-refractivity contribution in [1.82, 2.24) is 9.47 Å². The quantitative estimate of drug-likeness (QED) is 0.309. The van der Waals surface area contributed by atoms with Crippen LogP contribution in [0.15, 0.2) is 60.8 Å². The van der Waals surface area contributed by atoms with Gasteiger partial charge in [-0.05, 0) is 80.1 Å². The summed E-state index contributed by atoms with van der Waals surface area (Å²) in [6.07, 6.45) is 6.36. The van der Waals surface area contributed by atoms with Crippen LogP contribution >= 0.6 is 11.3 Å². The lowest BCUT2D eigenvalue weighted by Crippen LogP contribution is -2.38. The van der Waals surface area contributed by atoms with Crippen LogP contribution in [0.2, 0.25) is 0 Å². The molecule has 0 bridgehead atoms. The first kappa shape index (κ1) is 23.7. The largest absolute Gasteiger partial charge is 0.494 e. The Balaban J connectivity index is 1.50. The molecule has 2 aromatic carbocycles. The molecule has 2 aliphatic rings. The molecular formula is C29H27F2N3O2S. The second-order valence-electron chi connectivity index (χ2n) is 9.39. The van der Waals surface area contributed by atoms with Gasteiger partial charge in [0.1, 0.15) is 22.4 Å². The summed E-state index contributed by atoms with van der Waals surface area (Å²) in [6.45, 7) is 2.81. The molecule has 4 aromatic rings. The average molecular weight is 520 g/mol. The van der Waals surface area contributed by atoms with Gasteiger partial charge in [0.05, 0.1) is 30.6 Å². The van der Waals surface area contributed by atoms with E-state index in [1.807, 2.05) is 49.5 Å². The number of urea groups is 1. The molecule has 0 unspecified atom stereocenters. The normalized spacial score (nSPS) is 16.4. The third-order valence-electron chi connectivity index (χ3n) is 7.09. The minimum Gasteiger partial charge on any atom is -0.494 e. The van der Waals surface area contributed by atoms with Crippen molar-refractivity contribution in [3.63, 3.8) is 0 Å². The first-order valence-electron chi connectivity index (χ1n) is 12.6. The number of hydrogen-bond donors (Lipinski definition) is 1. The molecule has 1 atom stereocenters.